The Morgan fingerprint density at radius 1 is 0.878 bits per heavy atom. The summed E-state index contributed by atoms with van der Waals surface area (Å²) in [6.07, 6.45) is 2.97. The fraction of sp³-hybridized carbons (Fsp3) is 0.417. The topological polar surface area (TPSA) is 129 Å². The first kappa shape index (κ1) is 37.4. The molecule has 1 aliphatic rings. The van der Waals surface area contributed by atoms with Gasteiger partial charge in [-0.25, -0.2) is 12.7 Å². The lowest BCUT2D eigenvalue weighted by molar-refractivity contribution is -0.132. The van der Waals surface area contributed by atoms with Crippen LogP contribution in [0, 0.1) is 6.92 Å². The van der Waals surface area contributed by atoms with Crippen LogP contribution in [0.25, 0.3) is 0 Å². The van der Waals surface area contributed by atoms with Crippen molar-refractivity contribution in [2.45, 2.75) is 37.5 Å². The number of nitrogens with one attached hydrogen (secondary N) is 1. The molecule has 264 valence electrons. The third-order valence-electron chi connectivity index (χ3n) is 8.52. The van der Waals surface area contributed by atoms with Crippen LogP contribution in [0.5, 0.6) is 11.5 Å². The van der Waals surface area contributed by atoms with Crippen LogP contribution in [0.4, 0.5) is 11.4 Å². The summed E-state index contributed by atoms with van der Waals surface area (Å²) < 4.78 is 38.3. The number of unbranched alkanes of at least 4 members (excludes halogenated alkanes) is 2. The van der Waals surface area contributed by atoms with Crippen molar-refractivity contribution in [3.05, 3.63) is 77.4 Å². The van der Waals surface area contributed by atoms with Crippen LogP contribution in [-0.2, 0) is 14.8 Å². The zero-order valence-electron chi connectivity index (χ0n) is 29.2. The molecule has 4 rings (SSSR count). The Morgan fingerprint density at radius 3 is 2.29 bits per heavy atom. The minimum atomic E-state index is -3.87. The van der Waals surface area contributed by atoms with Gasteiger partial charge in [0.15, 0.2) is 0 Å². The van der Waals surface area contributed by atoms with E-state index in [4.69, 9.17) is 9.47 Å². The Hall–Kier alpha value is -4.46. The molecule has 0 radical (unpaired) electrons. The lowest BCUT2D eigenvalue weighted by Gasteiger charge is -2.32. The SMILES string of the molecule is COc1cc(C(=O)N(C)c2ccc(C)cc2OCCCCCC(=O)N2CCN(C)CC2)ccc1NC(=O)c1ccccc1S(=O)(=O)N(C)C. The maximum absolute atomic E-state index is 13.7. The molecule has 1 heterocycles. The molecule has 1 aliphatic heterocycles. The molecule has 0 bridgehead atoms. The number of hydrogen-bond donors (Lipinski definition) is 1. The normalized spacial score (nSPS) is 13.7. The van der Waals surface area contributed by atoms with E-state index in [1.807, 2.05) is 30.0 Å². The molecule has 49 heavy (non-hydrogen) atoms. The molecule has 3 aromatic carbocycles. The predicted octanol–water partition coefficient (Wildman–Crippen LogP) is 4.50. The van der Waals surface area contributed by atoms with Crippen molar-refractivity contribution in [1.82, 2.24) is 14.1 Å². The van der Waals surface area contributed by atoms with Crippen LogP contribution in [-0.4, -0.2) is 108 Å². The molecule has 1 fully saturated rings. The minimum Gasteiger partial charge on any atom is -0.495 e. The zero-order chi connectivity index (χ0) is 35.7. The van der Waals surface area contributed by atoms with Gasteiger partial charge in [-0.1, -0.05) is 18.2 Å². The number of likely N-dealkylation sites (N-methyl/N-ethyl adjacent to an activating group) is 1. The summed E-state index contributed by atoms with van der Waals surface area (Å²) in [5.74, 6) is 0.0508. The first-order valence-electron chi connectivity index (χ1n) is 16.3. The summed E-state index contributed by atoms with van der Waals surface area (Å²) in [6.45, 7) is 5.80. The van der Waals surface area contributed by atoms with E-state index in [-0.39, 0.29) is 33.7 Å². The number of hydrogen-bond acceptors (Lipinski definition) is 8. The third kappa shape index (κ3) is 9.37. The minimum absolute atomic E-state index is 0.0239. The van der Waals surface area contributed by atoms with Crippen LogP contribution in [0.1, 0.15) is 52.0 Å². The fourth-order valence-corrected chi connectivity index (χ4v) is 6.54. The second-order valence-corrected chi connectivity index (χ2v) is 14.5. The highest BCUT2D eigenvalue weighted by atomic mass is 32.2. The largest absolute Gasteiger partial charge is 0.495 e. The number of ether oxygens (including phenoxy) is 2. The van der Waals surface area contributed by atoms with Gasteiger partial charge in [-0.2, -0.15) is 0 Å². The number of carbonyl (C=O) groups excluding carboxylic acids is 3. The summed E-state index contributed by atoms with van der Waals surface area (Å²) in [7, 11) is 4.07. The van der Waals surface area contributed by atoms with Gasteiger partial charge in [0.2, 0.25) is 15.9 Å². The summed E-state index contributed by atoms with van der Waals surface area (Å²) >= 11 is 0. The molecule has 0 spiro atoms. The molecule has 1 saturated heterocycles. The standard InChI is InChI=1S/C36H47N5O7S/c1-26-15-18-30(32(24-26)48-23-11-7-8-14-34(42)41-21-19-39(4)20-22-41)40(5)36(44)27-16-17-29(31(25-27)47-6)37-35(43)28-12-9-10-13-33(28)49(45,46)38(2)3/h9-10,12-13,15-18,24-25H,7-8,11,14,19-23H2,1-6H3,(H,37,43). The highest BCUT2D eigenvalue weighted by molar-refractivity contribution is 7.89. The van der Waals surface area contributed by atoms with Crippen LogP contribution in [0.15, 0.2) is 65.6 Å². The second-order valence-electron chi connectivity index (χ2n) is 12.3. The molecule has 12 nitrogen and oxygen atoms in total. The lowest BCUT2D eigenvalue weighted by Crippen LogP contribution is -2.47. The van der Waals surface area contributed by atoms with Gasteiger partial charge < -0.3 is 29.5 Å². The highest BCUT2D eigenvalue weighted by Gasteiger charge is 2.25. The van der Waals surface area contributed by atoms with Gasteiger partial charge in [0, 0.05) is 59.3 Å². The lowest BCUT2D eigenvalue weighted by atomic mass is 10.1. The number of carbonyl (C=O) groups is 3. The van der Waals surface area contributed by atoms with E-state index >= 15 is 0 Å². The van der Waals surface area contributed by atoms with Gasteiger partial charge in [0.25, 0.3) is 11.8 Å². The summed E-state index contributed by atoms with van der Waals surface area (Å²) in [5.41, 5.74) is 2.14. The van der Waals surface area contributed by atoms with Crippen LogP contribution >= 0.6 is 0 Å². The number of amides is 3. The highest BCUT2D eigenvalue weighted by Crippen LogP contribution is 2.32. The number of nitrogens with zero attached hydrogens (tertiary/aromatic N) is 4. The number of anilines is 2. The average molecular weight is 694 g/mol. The smallest absolute Gasteiger partial charge is 0.258 e. The number of methoxy groups -OCH3 is 1. The van der Waals surface area contributed by atoms with E-state index in [1.54, 1.807) is 31.3 Å². The van der Waals surface area contributed by atoms with Crippen molar-refractivity contribution < 1.29 is 32.3 Å². The Kier molecular flexibility index (Phi) is 12.8. The van der Waals surface area contributed by atoms with Crippen molar-refractivity contribution in [2.24, 2.45) is 0 Å². The van der Waals surface area contributed by atoms with Crippen molar-refractivity contribution in [3.63, 3.8) is 0 Å². The van der Waals surface area contributed by atoms with Crippen molar-refractivity contribution in [3.8, 4) is 11.5 Å². The molecule has 13 heteroatoms. The summed E-state index contributed by atoms with van der Waals surface area (Å²) in [5, 5.41) is 2.72. The van der Waals surface area contributed by atoms with E-state index in [9.17, 15) is 22.8 Å². The van der Waals surface area contributed by atoms with Crippen molar-refractivity contribution in [2.75, 3.05) is 78.3 Å². The van der Waals surface area contributed by atoms with Crippen molar-refractivity contribution >= 4 is 39.1 Å². The van der Waals surface area contributed by atoms with Crippen LogP contribution in [0.2, 0.25) is 0 Å². The predicted molar refractivity (Wildman–Crippen MR) is 190 cm³/mol. The quantitative estimate of drug-likeness (QED) is 0.245. The van der Waals surface area contributed by atoms with Gasteiger partial charge in [0.05, 0.1) is 35.6 Å². The molecule has 0 atom stereocenters. The van der Waals surface area contributed by atoms with Gasteiger partial charge in [0.1, 0.15) is 11.5 Å². The molecule has 3 aromatic rings. The first-order chi connectivity index (χ1) is 23.3. The number of piperazine rings is 1. The molecular weight excluding hydrogens is 646 g/mol. The molecule has 0 aliphatic carbocycles. The van der Waals surface area contributed by atoms with Gasteiger partial charge in [-0.05, 0) is 81.3 Å². The number of sulfonamides is 1. The van der Waals surface area contributed by atoms with E-state index in [2.05, 4.69) is 17.3 Å². The van der Waals surface area contributed by atoms with E-state index in [1.165, 1.54) is 44.3 Å². The molecule has 0 aromatic heterocycles. The Balaban J connectivity index is 1.39. The number of benzene rings is 3. The zero-order valence-corrected chi connectivity index (χ0v) is 30.0. The summed E-state index contributed by atoms with van der Waals surface area (Å²) in [6, 6.07) is 16.2. The molecule has 3 amide bonds. The van der Waals surface area contributed by atoms with Gasteiger partial charge >= 0.3 is 0 Å². The maximum atomic E-state index is 13.7. The Morgan fingerprint density at radius 2 is 1.59 bits per heavy atom. The second kappa shape index (κ2) is 16.8. The first-order valence-corrected chi connectivity index (χ1v) is 17.8. The maximum Gasteiger partial charge on any atom is 0.258 e. The Labute approximate surface area is 289 Å². The monoisotopic (exact) mass is 693 g/mol. The molecular formula is C36H47N5O7S. The molecule has 0 saturated carbocycles. The number of rotatable bonds is 14. The van der Waals surface area contributed by atoms with Crippen LogP contribution in [0.3, 0.4) is 0 Å². The summed E-state index contributed by atoms with van der Waals surface area (Å²) in [4.78, 5) is 45.0. The van der Waals surface area contributed by atoms with Gasteiger partial charge in [-0.15, -0.1) is 0 Å². The van der Waals surface area contributed by atoms with E-state index < -0.39 is 15.9 Å². The van der Waals surface area contributed by atoms with Crippen LogP contribution < -0.4 is 19.7 Å². The average Bonchev–Trinajstić information content (AvgIpc) is 3.09. The van der Waals surface area contributed by atoms with E-state index in [0.717, 1.165) is 55.3 Å². The molecule has 0 unspecified atom stereocenters. The third-order valence-corrected chi connectivity index (χ3v) is 10.4. The van der Waals surface area contributed by atoms with Crippen molar-refractivity contribution in [1.29, 1.82) is 0 Å². The number of aryl methyl sites for hydroxylation is 1. The van der Waals surface area contributed by atoms with Gasteiger partial charge in [-0.3, -0.25) is 14.4 Å². The Bertz CT molecular complexity index is 1750. The fourth-order valence-electron chi connectivity index (χ4n) is 5.46. The van der Waals surface area contributed by atoms with E-state index in [0.29, 0.717) is 30.0 Å². The molecule has 1 N–H and O–H groups in total.